The molecule has 0 aliphatic carbocycles. The van der Waals surface area contributed by atoms with Crippen LogP contribution in [0.3, 0.4) is 0 Å². The maximum atomic E-state index is 6.49. The summed E-state index contributed by atoms with van der Waals surface area (Å²) in [4.78, 5) is 31.0. The lowest BCUT2D eigenvalue weighted by molar-refractivity contribution is 0.673. The fourth-order valence-electron chi connectivity index (χ4n) is 19.7. The summed E-state index contributed by atoms with van der Waals surface area (Å²) in [5.74, 6) is 1.97. The van der Waals surface area contributed by atoms with Gasteiger partial charge in [0.15, 0.2) is 0 Å². The Bertz CT molecular complexity index is 9330. The highest BCUT2D eigenvalue weighted by Crippen LogP contribution is 2.48. The van der Waals surface area contributed by atoms with Gasteiger partial charge in [-0.25, -0.2) is 29.9 Å². The van der Waals surface area contributed by atoms with Crippen molar-refractivity contribution in [2.24, 2.45) is 0 Å². The standard InChI is InChI=1S/C40H24N4S.C40H25N3S.C38H23N3O/c1-5-16-33-27(12-1)28-13-2-6-17-34(28)43(33)26-11-9-10-25(24-26)32-22-23-41-40(42-32)44-35-18-7-3-15-31(35)38-36(44)21-20-30-29-14-4-8-19-37(29)45-39(30)38;1-4-12-26(13-5-1)29-20-21-32-36(24-29)43(35-23-22-31-30-18-10-11-19-37(30)44-39(31)38(32)35)40-41-33(27-14-6-2-7-15-27)25-34(42-40)28-16-8-3-9-17-28;1-3-11-24(12-4-1)26-19-21-31-30(23-26)36(25-13-5-2-6-14-25)40-38(39-31)41-32-17-9-7-16-29(32)35-33(41)22-20-28-27-15-8-10-18-34(27)42-37(28)35/h1-24H;1-25H;1-23H. The Morgan fingerprint density at radius 3 is 1.22 bits per heavy atom. The molecule has 0 bridgehead atoms. The van der Waals surface area contributed by atoms with Gasteiger partial charge in [-0.15, -0.1) is 22.7 Å². The Morgan fingerprint density at radius 2 is 0.634 bits per heavy atom. The second kappa shape index (κ2) is 30.9. The molecule has 131 heavy (non-hydrogen) atoms. The van der Waals surface area contributed by atoms with Gasteiger partial charge in [0.25, 0.3) is 0 Å². The number of furan rings is 1. The van der Waals surface area contributed by atoms with Crippen molar-refractivity contribution in [3.8, 4) is 90.8 Å². The van der Waals surface area contributed by atoms with Crippen molar-refractivity contribution in [3.63, 3.8) is 0 Å². The Balaban J connectivity index is 0.000000103. The number of thiophene rings is 2. The molecule has 0 amide bonds. The van der Waals surface area contributed by atoms with E-state index in [9.17, 15) is 0 Å². The molecule has 10 heterocycles. The molecule has 0 fully saturated rings. The lowest BCUT2D eigenvalue weighted by Crippen LogP contribution is -2.04. The molecule has 0 saturated carbocycles. The highest BCUT2D eigenvalue weighted by atomic mass is 32.1. The monoisotopic (exact) mass is 1710 g/mol. The molecule has 0 aliphatic rings. The largest absolute Gasteiger partial charge is 0.455 e. The van der Waals surface area contributed by atoms with E-state index in [4.69, 9.17) is 34.3 Å². The average Bonchev–Trinajstić information content (AvgIpc) is 1.55. The average molecular weight is 1710 g/mol. The lowest BCUT2D eigenvalue weighted by atomic mass is 10.0. The highest BCUT2D eigenvalue weighted by Gasteiger charge is 2.27. The first-order chi connectivity index (χ1) is 65.0. The molecule has 612 valence electrons. The van der Waals surface area contributed by atoms with Crippen LogP contribution < -0.4 is 0 Å². The number of fused-ring (bicyclic) bond motifs is 25. The fourth-order valence-corrected chi connectivity index (χ4v) is 22.2. The number of hydrogen-bond donors (Lipinski definition) is 0. The van der Waals surface area contributed by atoms with Gasteiger partial charge in [0.05, 0.1) is 77.8 Å². The summed E-state index contributed by atoms with van der Waals surface area (Å²) >= 11 is 3.72. The molecule has 28 aromatic rings. The van der Waals surface area contributed by atoms with Crippen LogP contribution in [0.2, 0.25) is 0 Å². The number of rotatable bonds is 10. The maximum absolute atomic E-state index is 6.49. The minimum Gasteiger partial charge on any atom is -0.455 e. The molecule has 0 spiro atoms. The highest BCUT2D eigenvalue weighted by molar-refractivity contribution is 7.27. The van der Waals surface area contributed by atoms with Crippen molar-refractivity contribution < 1.29 is 4.42 Å². The van der Waals surface area contributed by atoms with Gasteiger partial charge in [-0.1, -0.05) is 322 Å². The van der Waals surface area contributed by atoms with E-state index in [-0.39, 0.29) is 0 Å². The van der Waals surface area contributed by atoms with Crippen molar-refractivity contribution >= 4 is 183 Å². The summed E-state index contributed by atoms with van der Waals surface area (Å²) in [7, 11) is 0. The molecule has 11 nitrogen and oxygen atoms in total. The summed E-state index contributed by atoms with van der Waals surface area (Å²) < 4.78 is 20.7. The van der Waals surface area contributed by atoms with Gasteiger partial charge < -0.3 is 8.98 Å². The van der Waals surface area contributed by atoms with Crippen LogP contribution >= 0.6 is 22.7 Å². The molecular weight excluding hydrogens is 1640 g/mol. The van der Waals surface area contributed by atoms with Crippen LogP contribution in [0.1, 0.15) is 0 Å². The van der Waals surface area contributed by atoms with Crippen molar-refractivity contribution in [2.45, 2.75) is 0 Å². The maximum Gasteiger partial charge on any atom is 0.235 e. The first-order valence-corrected chi connectivity index (χ1v) is 45.6. The molecule has 0 aliphatic heterocycles. The molecule has 13 heteroatoms. The Labute approximate surface area is 757 Å². The van der Waals surface area contributed by atoms with Gasteiger partial charge in [0.2, 0.25) is 17.8 Å². The number of benzene rings is 18. The second-order valence-corrected chi connectivity index (χ2v) is 35.2. The number of para-hydroxylation sites is 5. The van der Waals surface area contributed by atoms with Crippen molar-refractivity contribution in [1.82, 2.24) is 48.2 Å². The SMILES string of the molecule is c1cc(-c2ccnc(-n3c4ccccc4c4c5sc6ccccc6c5ccc43)n2)cc(-n2c3ccccc3c3ccccc32)c1.c1ccc(-c2ccc3c4c5sc6ccccc6c5ccc4n(-c4nc(-c5ccccc5)cc(-c5ccccc5)n4)c3c2)cc1.c1ccc(-c2ccc3nc(-n4c5ccccc5c5c6oc7ccccc7c6ccc54)nc(-c4ccccc4)c3c2)cc1. The molecule has 28 rings (SSSR count). The quantitative estimate of drug-likeness (QED) is 0.134. The van der Waals surface area contributed by atoms with Crippen molar-refractivity contribution in [3.05, 3.63) is 437 Å². The van der Waals surface area contributed by atoms with Crippen LogP contribution in [0.15, 0.2) is 441 Å². The molecule has 0 radical (unpaired) electrons. The number of aromatic nitrogens is 10. The minimum absolute atomic E-state index is 0.635. The van der Waals surface area contributed by atoms with Crippen molar-refractivity contribution in [2.75, 3.05) is 0 Å². The number of nitrogens with zero attached hydrogens (tertiary/aromatic N) is 10. The Hall–Kier alpha value is -17.1. The first-order valence-electron chi connectivity index (χ1n) is 43.9. The van der Waals surface area contributed by atoms with E-state index in [1.807, 2.05) is 71.3 Å². The molecule has 0 N–H and O–H groups in total. The van der Waals surface area contributed by atoms with Crippen LogP contribution in [0.5, 0.6) is 0 Å². The van der Waals surface area contributed by atoms with E-state index < -0.39 is 0 Å². The third-order valence-electron chi connectivity index (χ3n) is 25.7. The summed E-state index contributed by atoms with van der Waals surface area (Å²) in [5.41, 5.74) is 25.1. The molecule has 0 unspecified atom stereocenters. The summed E-state index contributed by atoms with van der Waals surface area (Å²) in [6, 6.07) is 151. The summed E-state index contributed by atoms with van der Waals surface area (Å²) in [6.07, 6.45) is 1.88. The zero-order valence-electron chi connectivity index (χ0n) is 70.3. The van der Waals surface area contributed by atoms with Gasteiger partial charge in [-0.05, 0) is 131 Å². The first kappa shape index (κ1) is 75.3. The van der Waals surface area contributed by atoms with Crippen LogP contribution in [0, 0.1) is 0 Å². The van der Waals surface area contributed by atoms with E-state index in [0.717, 1.165) is 139 Å². The van der Waals surface area contributed by atoms with E-state index in [1.54, 1.807) is 0 Å². The second-order valence-electron chi connectivity index (χ2n) is 33.1. The van der Waals surface area contributed by atoms with E-state index in [2.05, 4.69) is 407 Å². The summed E-state index contributed by atoms with van der Waals surface area (Å²) in [6.45, 7) is 0. The molecule has 10 aromatic heterocycles. The lowest BCUT2D eigenvalue weighted by Gasteiger charge is -2.13. The van der Waals surface area contributed by atoms with Gasteiger partial charge in [0.1, 0.15) is 11.2 Å². The van der Waals surface area contributed by atoms with Gasteiger partial charge in [-0.3, -0.25) is 13.7 Å². The zero-order chi connectivity index (χ0) is 86.1. The zero-order valence-corrected chi connectivity index (χ0v) is 71.9. The Kier molecular flexibility index (Phi) is 17.7. The van der Waals surface area contributed by atoms with Gasteiger partial charge in [-0.2, -0.15) is 0 Å². The van der Waals surface area contributed by atoms with Crippen molar-refractivity contribution in [1.29, 1.82) is 0 Å². The van der Waals surface area contributed by atoms with Gasteiger partial charge >= 0.3 is 0 Å². The van der Waals surface area contributed by atoms with Crippen LogP contribution in [0.25, 0.3) is 251 Å². The molecular formula is C118H72N10OS2. The van der Waals surface area contributed by atoms with Crippen LogP contribution in [0.4, 0.5) is 0 Å². The fraction of sp³-hybridized carbons (Fsp3) is 0. The third-order valence-corrected chi connectivity index (χ3v) is 28.1. The summed E-state index contributed by atoms with van der Waals surface area (Å²) in [5, 5.41) is 18.0. The topological polar surface area (TPSA) is 110 Å². The van der Waals surface area contributed by atoms with Crippen LogP contribution in [-0.4, -0.2) is 48.2 Å². The predicted molar refractivity (Wildman–Crippen MR) is 547 cm³/mol. The minimum atomic E-state index is 0.635. The smallest absolute Gasteiger partial charge is 0.235 e. The van der Waals surface area contributed by atoms with E-state index in [0.29, 0.717) is 17.8 Å². The third kappa shape index (κ3) is 12.5. The molecule has 0 saturated heterocycles. The van der Waals surface area contributed by atoms with E-state index in [1.165, 1.54) is 94.8 Å². The normalized spacial score (nSPS) is 11.8. The Morgan fingerprint density at radius 1 is 0.214 bits per heavy atom. The predicted octanol–water partition coefficient (Wildman–Crippen LogP) is 31.6. The molecule has 18 aromatic carbocycles. The van der Waals surface area contributed by atoms with Gasteiger partial charge in [0, 0.05) is 128 Å². The van der Waals surface area contributed by atoms with Crippen LogP contribution in [-0.2, 0) is 0 Å². The van der Waals surface area contributed by atoms with E-state index >= 15 is 0 Å². The molecule has 0 atom stereocenters. The number of hydrogen-bond acceptors (Lipinski definition) is 9.